The summed E-state index contributed by atoms with van der Waals surface area (Å²) in [5.41, 5.74) is 5.82. The van der Waals surface area contributed by atoms with Gasteiger partial charge in [-0.2, -0.15) is 0 Å². The van der Waals surface area contributed by atoms with Gasteiger partial charge in [-0.25, -0.2) is 0 Å². The molecule has 1 rings (SSSR count). The topological polar surface area (TPSA) is 49.6 Å². The Morgan fingerprint density at radius 3 is 2.26 bits per heavy atom. The van der Waals surface area contributed by atoms with E-state index in [0.29, 0.717) is 17.3 Å². The fourth-order valence-corrected chi connectivity index (χ4v) is 2.81. The van der Waals surface area contributed by atoms with Crippen LogP contribution < -0.4 is 5.73 Å². The average molecular weight is 285 g/mol. The molecule has 1 aliphatic rings. The molecular weight excluding hydrogens is 258 g/mol. The van der Waals surface area contributed by atoms with Crippen LogP contribution in [0, 0.1) is 5.92 Å². The Bertz CT molecular complexity index is 312. The van der Waals surface area contributed by atoms with Crippen molar-refractivity contribution in [2.45, 2.75) is 46.1 Å². The number of rotatable bonds is 6. The molecule has 1 aliphatic heterocycles. The van der Waals surface area contributed by atoms with Crippen LogP contribution in [0.4, 0.5) is 0 Å². The quantitative estimate of drug-likeness (QED) is 0.754. The van der Waals surface area contributed by atoms with E-state index in [4.69, 9.17) is 18.0 Å². The Hall–Kier alpha value is -0.680. The van der Waals surface area contributed by atoms with Gasteiger partial charge in [0, 0.05) is 32.6 Å². The van der Waals surface area contributed by atoms with Gasteiger partial charge >= 0.3 is 0 Å². The van der Waals surface area contributed by atoms with Gasteiger partial charge < -0.3 is 10.6 Å². The minimum absolute atomic E-state index is 0.197. The highest BCUT2D eigenvalue weighted by Gasteiger charge is 2.27. The first-order chi connectivity index (χ1) is 8.95. The summed E-state index contributed by atoms with van der Waals surface area (Å²) < 4.78 is 0. The highest BCUT2D eigenvalue weighted by molar-refractivity contribution is 7.80. The van der Waals surface area contributed by atoms with Crippen LogP contribution in [0.25, 0.3) is 0 Å². The van der Waals surface area contributed by atoms with E-state index in [9.17, 15) is 4.79 Å². The molecule has 110 valence electrons. The first-order valence-electron chi connectivity index (χ1n) is 7.26. The van der Waals surface area contributed by atoms with Gasteiger partial charge in [0.2, 0.25) is 5.91 Å². The van der Waals surface area contributed by atoms with Gasteiger partial charge in [0.1, 0.15) is 0 Å². The average Bonchev–Trinajstić information content (AvgIpc) is 2.35. The van der Waals surface area contributed by atoms with Crippen LogP contribution in [0.3, 0.4) is 0 Å². The van der Waals surface area contributed by atoms with Crippen molar-refractivity contribution in [2.75, 3.05) is 26.2 Å². The second-order valence-electron chi connectivity index (χ2n) is 5.72. The summed E-state index contributed by atoms with van der Waals surface area (Å²) in [5, 5.41) is 0. The SMILES string of the molecule is CCCC(C(N)=S)N1CCN(C(=O)CC(C)C)CC1. The lowest BCUT2D eigenvalue weighted by Crippen LogP contribution is -2.54. The Morgan fingerprint density at radius 2 is 1.84 bits per heavy atom. The van der Waals surface area contributed by atoms with Crippen LogP contribution >= 0.6 is 12.2 Å². The third-order valence-electron chi connectivity index (χ3n) is 3.58. The van der Waals surface area contributed by atoms with Gasteiger partial charge in [0.15, 0.2) is 0 Å². The van der Waals surface area contributed by atoms with Crippen molar-refractivity contribution in [3.63, 3.8) is 0 Å². The van der Waals surface area contributed by atoms with Crippen LogP contribution in [-0.2, 0) is 4.79 Å². The summed E-state index contributed by atoms with van der Waals surface area (Å²) >= 11 is 5.16. The molecule has 1 saturated heterocycles. The maximum absolute atomic E-state index is 12.0. The molecule has 1 unspecified atom stereocenters. The Labute approximate surface area is 122 Å². The Kier molecular flexibility index (Phi) is 6.72. The van der Waals surface area contributed by atoms with Gasteiger partial charge in [0.05, 0.1) is 11.0 Å². The normalized spacial score (nSPS) is 18.6. The van der Waals surface area contributed by atoms with Crippen LogP contribution in [0.5, 0.6) is 0 Å². The summed E-state index contributed by atoms with van der Waals surface area (Å²) in [5.74, 6) is 0.701. The van der Waals surface area contributed by atoms with Crippen molar-refractivity contribution < 1.29 is 4.79 Å². The molecule has 0 aromatic carbocycles. The molecule has 1 atom stereocenters. The fourth-order valence-electron chi connectivity index (χ4n) is 2.54. The van der Waals surface area contributed by atoms with Gasteiger partial charge in [0.25, 0.3) is 0 Å². The van der Waals surface area contributed by atoms with Crippen LogP contribution in [-0.4, -0.2) is 52.9 Å². The minimum Gasteiger partial charge on any atom is -0.392 e. The summed E-state index contributed by atoms with van der Waals surface area (Å²) in [6.07, 6.45) is 2.73. The molecule has 1 fully saturated rings. The number of amides is 1. The van der Waals surface area contributed by atoms with Crippen molar-refractivity contribution >= 4 is 23.1 Å². The minimum atomic E-state index is 0.197. The van der Waals surface area contributed by atoms with Crippen molar-refractivity contribution in [1.29, 1.82) is 0 Å². The van der Waals surface area contributed by atoms with E-state index in [2.05, 4.69) is 25.7 Å². The lowest BCUT2D eigenvalue weighted by molar-refractivity contribution is -0.133. The second kappa shape index (κ2) is 7.80. The highest BCUT2D eigenvalue weighted by atomic mass is 32.1. The van der Waals surface area contributed by atoms with Gasteiger partial charge in [-0.05, 0) is 12.3 Å². The van der Waals surface area contributed by atoms with Crippen molar-refractivity contribution in [3.8, 4) is 0 Å². The van der Waals surface area contributed by atoms with E-state index < -0.39 is 0 Å². The molecule has 0 aliphatic carbocycles. The van der Waals surface area contributed by atoms with Crippen molar-refractivity contribution in [3.05, 3.63) is 0 Å². The number of nitrogens with zero attached hydrogens (tertiary/aromatic N) is 2. The molecule has 5 heteroatoms. The molecule has 0 radical (unpaired) electrons. The number of hydrogen-bond acceptors (Lipinski definition) is 3. The third-order valence-corrected chi connectivity index (χ3v) is 3.85. The van der Waals surface area contributed by atoms with Crippen LogP contribution in [0.1, 0.15) is 40.0 Å². The van der Waals surface area contributed by atoms with E-state index in [-0.39, 0.29) is 11.9 Å². The lowest BCUT2D eigenvalue weighted by Gasteiger charge is -2.39. The lowest BCUT2D eigenvalue weighted by atomic mass is 10.1. The van der Waals surface area contributed by atoms with E-state index in [1.165, 1.54) is 0 Å². The number of carbonyl (C=O) groups is 1. The van der Waals surface area contributed by atoms with Crippen LogP contribution in [0.15, 0.2) is 0 Å². The van der Waals surface area contributed by atoms with Crippen molar-refractivity contribution in [1.82, 2.24) is 9.80 Å². The Morgan fingerprint density at radius 1 is 1.26 bits per heavy atom. The molecule has 0 saturated carbocycles. The summed E-state index contributed by atoms with van der Waals surface area (Å²) in [4.78, 5) is 16.9. The third kappa shape index (κ3) is 5.07. The molecule has 2 N–H and O–H groups in total. The Balaban J connectivity index is 2.47. The molecule has 4 nitrogen and oxygen atoms in total. The first kappa shape index (κ1) is 16.4. The summed E-state index contributed by atoms with van der Waals surface area (Å²) in [6.45, 7) is 9.67. The zero-order valence-electron chi connectivity index (χ0n) is 12.4. The number of hydrogen-bond donors (Lipinski definition) is 1. The predicted octanol–water partition coefficient (Wildman–Crippen LogP) is 1.63. The van der Waals surface area contributed by atoms with E-state index in [1.54, 1.807) is 0 Å². The maximum atomic E-state index is 12.0. The molecule has 0 aromatic heterocycles. The highest BCUT2D eigenvalue weighted by Crippen LogP contribution is 2.13. The zero-order chi connectivity index (χ0) is 14.4. The van der Waals surface area contributed by atoms with E-state index >= 15 is 0 Å². The predicted molar refractivity (Wildman–Crippen MR) is 83.1 cm³/mol. The van der Waals surface area contributed by atoms with Gasteiger partial charge in [-0.3, -0.25) is 9.69 Å². The number of nitrogens with two attached hydrogens (primary N) is 1. The van der Waals surface area contributed by atoms with E-state index in [1.807, 2.05) is 4.90 Å². The molecule has 1 heterocycles. The molecule has 0 bridgehead atoms. The second-order valence-corrected chi connectivity index (χ2v) is 6.19. The number of carbonyl (C=O) groups excluding carboxylic acids is 1. The maximum Gasteiger partial charge on any atom is 0.222 e. The van der Waals surface area contributed by atoms with Crippen LogP contribution in [0.2, 0.25) is 0 Å². The zero-order valence-corrected chi connectivity index (χ0v) is 13.2. The smallest absolute Gasteiger partial charge is 0.222 e. The standard InChI is InChI=1S/C14H27N3OS/c1-4-5-12(14(15)19)16-6-8-17(9-7-16)13(18)10-11(2)3/h11-12H,4-10H2,1-3H3,(H2,15,19). The molecule has 1 amide bonds. The van der Waals surface area contributed by atoms with E-state index in [0.717, 1.165) is 39.0 Å². The molecule has 0 spiro atoms. The first-order valence-corrected chi connectivity index (χ1v) is 7.67. The molecule has 0 aromatic rings. The number of piperazine rings is 1. The largest absolute Gasteiger partial charge is 0.392 e. The number of thiocarbonyl (C=S) groups is 1. The fraction of sp³-hybridized carbons (Fsp3) is 0.857. The van der Waals surface area contributed by atoms with Gasteiger partial charge in [-0.15, -0.1) is 0 Å². The monoisotopic (exact) mass is 285 g/mol. The van der Waals surface area contributed by atoms with Crippen molar-refractivity contribution in [2.24, 2.45) is 11.7 Å². The summed E-state index contributed by atoms with van der Waals surface area (Å²) in [7, 11) is 0. The van der Waals surface area contributed by atoms with Gasteiger partial charge in [-0.1, -0.05) is 39.4 Å². The summed E-state index contributed by atoms with van der Waals surface area (Å²) in [6, 6.07) is 0.197. The molecule has 19 heavy (non-hydrogen) atoms. The molecular formula is C14H27N3OS.